The predicted molar refractivity (Wildman–Crippen MR) is 104 cm³/mol. The molecule has 2 aromatic carbocycles. The van der Waals surface area contributed by atoms with E-state index < -0.39 is 0 Å². The Hall–Kier alpha value is -3.06. The molecule has 0 saturated carbocycles. The molecule has 0 aliphatic rings. The molecular formula is C19H19N3O3S. The van der Waals surface area contributed by atoms with Gasteiger partial charge in [-0.3, -0.25) is 4.79 Å². The number of aromatic nitrogens is 1. The molecule has 0 atom stereocenters. The summed E-state index contributed by atoms with van der Waals surface area (Å²) in [5, 5.41) is 18.4. The molecule has 6 nitrogen and oxygen atoms in total. The second-order valence-corrected chi connectivity index (χ2v) is 6.47. The molecule has 0 unspecified atom stereocenters. The number of ether oxygens (including phenoxy) is 1. The molecule has 3 N–H and O–H groups in total. The molecule has 1 aromatic heterocycles. The minimum absolute atomic E-state index is 0.0219. The van der Waals surface area contributed by atoms with Crippen LogP contribution in [0, 0.1) is 0 Å². The van der Waals surface area contributed by atoms with Crippen molar-refractivity contribution in [3.8, 4) is 22.8 Å². The molecule has 3 rings (SSSR count). The molecule has 26 heavy (non-hydrogen) atoms. The van der Waals surface area contributed by atoms with Crippen LogP contribution < -0.4 is 15.4 Å². The average Bonchev–Trinajstić information content (AvgIpc) is 3.10. The van der Waals surface area contributed by atoms with Gasteiger partial charge in [0.2, 0.25) is 5.91 Å². The van der Waals surface area contributed by atoms with E-state index in [0.717, 1.165) is 27.7 Å². The van der Waals surface area contributed by atoms with Crippen LogP contribution in [0.4, 0.5) is 10.8 Å². The van der Waals surface area contributed by atoms with Crippen LogP contribution in [-0.4, -0.2) is 23.1 Å². The first-order valence-corrected chi connectivity index (χ1v) is 8.87. The topological polar surface area (TPSA) is 83.5 Å². The van der Waals surface area contributed by atoms with Gasteiger partial charge in [0.1, 0.15) is 11.5 Å². The number of anilines is 2. The van der Waals surface area contributed by atoms with Gasteiger partial charge in [-0.15, -0.1) is 11.3 Å². The summed E-state index contributed by atoms with van der Waals surface area (Å²) in [6.45, 7) is 2.00. The number of phenols is 1. The van der Waals surface area contributed by atoms with Crippen molar-refractivity contribution in [3.05, 3.63) is 53.4 Å². The lowest BCUT2D eigenvalue weighted by atomic mass is 10.1. The molecule has 0 aliphatic carbocycles. The fourth-order valence-electron chi connectivity index (χ4n) is 2.49. The zero-order chi connectivity index (χ0) is 18.5. The van der Waals surface area contributed by atoms with Gasteiger partial charge in [0.15, 0.2) is 5.13 Å². The van der Waals surface area contributed by atoms with Crippen LogP contribution >= 0.6 is 11.3 Å². The van der Waals surface area contributed by atoms with Crippen molar-refractivity contribution in [3.63, 3.8) is 0 Å². The van der Waals surface area contributed by atoms with Crippen LogP contribution in [0.3, 0.4) is 0 Å². The van der Waals surface area contributed by atoms with E-state index >= 15 is 0 Å². The number of nitrogens with zero attached hydrogens (tertiary/aromatic N) is 1. The number of amides is 1. The zero-order valence-electron chi connectivity index (χ0n) is 14.4. The summed E-state index contributed by atoms with van der Waals surface area (Å²) in [4.78, 5) is 15.8. The number of rotatable bonds is 6. The number of methoxy groups -OCH3 is 1. The summed E-state index contributed by atoms with van der Waals surface area (Å²) in [6, 6.07) is 12.8. The molecule has 0 spiro atoms. The number of carbonyl (C=O) groups excluding carboxylic acids is 1. The number of phenolic OH excluding ortho intramolecular Hbond substituents is 1. The Morgan fingerprint density at radius 2 is 2.08 bits per heavy atom. The van der Waals surface area contributed by atoms with Crippen molar-refractivity contribution in [2.75, 3.05) is 17.7 Å². The Balaban J connectivity index is 1.74. The zero-order valence-corrected chi connectivity index (χ0v) is 15.3. The molecule has 0 aliphatic heterocycles. The van der Waals surface area contributed by atoms with Crippen LogP contribution in [0.2, 0.25) is 0 Å². The van der Waals surface area contributed by atoms with E-state index in [4.69, 9.17) is 4.74 Å². The first-order valence-electron chi connectivity index (χ1n) is 7.99. The summed E-state index contributed by atoms with van der Waals surface area (Å²) >= 11 is 1.49. The third kappa shape index (κ3) is 4.12. The van der Waals surface area contributed by atoms with Crippen LogP contribution in [0.1, 0.15) is 12.5 Å². The van der Waals surface area contributed by atoms with Gasteiger partial charge in [-0.05, 0) is 24.3 Å². The lowest BCUT2D eigenvalue weighted by Gasteiger charge is -2.08. The first kappa shape index (κ1) is 17.8. The summed E-state index contributed by atoms with van der Waals surface area (Å²) < 4.78 is 5.35. The van der Waals surface area contributed by atoms with Crippen molar-refractivity contribution < 1.29 is 14.6 Å². The molecule has 7 heteroatoms. The van der Waals surface area contributed by atoms with Gasteiger partial charge in [-0.1, -0.05) is 18.2 Å². The molecule has 0 saturated heterocycles. The van der Waals surface area contributed by atoms with E-state index in [0.29, 0.717) is 12.2 Å². The van der Waals surface area contributed by atoms with Gasteiger partial charge in [-0.25, -0.2) is 4.98 Å². The van der Waals surface area contributed by atoms with Gasteiger partial charge in [-0.2, -0.15) is 0 Å². The molecule has 0 bridgehead atoms. The second kappa shape index (κ2) is 7.88. The first-order chi connectivity index (χ1) is 12.6. The van der Waals surface area contributed by atoms with Crippen molar-refractivity contribution in [1.29, 1.82) is 0 Å². The fourth-order valence-corrected chi connectivity index (χ4v) is 3.21. The highest BCUT2D eigenvalue weighted by atomic mass is 32.1. The van der Waals surface area contributed by atoms with E-state index in [1.807, 2.05) is 29.6 Å². The number of carbonyl (C=O) groups is 1. The molecule has 3 aromatic rings. The number of benzene rings is 2. The van der Waals surface area contributed by atoms with Crippen LogP contribution in [-0.2, 0) is 11.3 Å². The summed E-state index contributed by atoms with van der Waals surface area (Å²) in [5.74, 6) is 0.610. The monoisotopic (exact) mass is 369 g/mol. The largest absolute Gasteiger partial charge is 0.506 e. The van der Waals surface area contributed by atoms with E-state index in [1.54, 1.807) is 25.3 Å². The van der Waals surface area contributed by atoms with E-state index in [2.05, 4.69) is 15.6 Å². The Morgan fingerprint density at radius 3 is 2.85 bits per heavy atom. The normalized spacial score (nSPS) is 10.4. The maximum atomic E-state index is 11.2. The lowest BCUT2D eigenvalue weighted by molar-refractivity contribution is -0.114. The third-order valence-corrected chi connectivity index (χ3v) is 4.53. The second-order valence-electron chi connectivity index (χ2n) is 5.62. The van der Waals surface area contributed by atoms with Gasteiger partial charge < -0.3 is 20.5 Å². The van der Waals surface area contributed by atoms with Gasteiger partial charge in [0, 0.05) is 30.0 Å². The maximum Gasteiger partial charge on any atom is 0.221 e. The Kier molecular flexibility index (Phi) is 5.38. The Morgan fingerprint density at radius 1 is 1.27 bits per heavy atom. The highest BCUT2D eigenvalue weighted by Gasteiger charge is 2.10. The van der Waals surface area contributed by atoms with Gasteiger partial charge in [0.05, 0.1) is 18.5 Å². The van der Waals surface area contributed by atoms with Crippen molar-refractivity contribution in [1.82, 2.24) is 4.98 Å². The predicted octanol–water partition coefficient (Wildman–Crippen LogP) is 4.09. The average molecular weight is 369 g/mol. The minimum Gasteiger partial charge on any atom is -0.506 e. The summed E-state index contributed by atoms with van der Waals surface area (Å²) in [7, 11) is 1.65. The van der Waals surface area contributed by atoms with Crippen LogP contribution in [0.15, 0.2) is 47.8 Å². The van der Waals surface area contributed by atoms with Crippen molar-refractivity contribution >= 4 is 28.1 Å². The number of hydrogen-bond donors (Lipinski definition) is 3. The molecule has 134 valence electrons. The minimum atomic E-state index is -0.241. The molecule has 1 amide bonds. The maximum absolute atomic E-state index is 11.2. The SMILES string of the molecule is COc1ccccc1CNc1nc(-c2ccc(O)c(NC(C)=O)c2)cs1. The standard InChI is InChI=1S/C19H19N3O3S/c1-12(23)21-15-9-13(7-8-17(15)24)16-11-26-19(22-16)20-10-14-5-3-4-6-18(14)25-2/h3-9,11,24H,10H2,1-2H3,(H,20,22)(H,21,23). The third-order valence-electron chi connectivity index (χ3n) is 3.73. The fraction of sp³-hybridized carbons (Fsp3) is 0.158. The van der Waals surface area contributed by atoms with Crippen molar-refractivity contribution in [2.45, 2.75) is 13.5 Å². The van der Waals surface area contributed by atoms with Gasteiger partial charge >= 0.3 is 0 Å². The molecule has 1 heterocycles. The molecule has 0 radical (unpaired) electrons. The molecule has 0 fully saturated rings. The van der Waals surface area contributed by atoms with Crippen LogP contribution in [0.25, 0.3) is 11.3 Å². The quantitative estimate of drug-likeness (QED) is 0.570. The van der Waals surface area contributed by atoms with Crippen LogP contribution in [0.5, 0.6) is 11.5 Å². The number of aromatic hydroxyl groups is 1. The van der Waals surface area contributed by atoms with E-state index in [1.165, 1.54) is 18.3 Å². The summed E-state index contributed by atoms with van der Waals surface area (Å²) in [6.07, 6.45) is 0. The number of para-hydroxylation sites is 1. The Bertz CT molecular complexity index is 924. The van der Waals surface area contributed by atoms with Crippen molar-refractivity contribution in [2.24, 2.45) is 0 Å². The number of nitrogens with one attached hydrogen (secondary N) is 2. The highest BCUT2D eigenvalue weighted by molar-refractivity contribution is 7.14. The smallest absolute Gasteiger partial charge is 0.221 e. The number of hydrogen-bond acceptors (Lipinski definition) is 6. The number of thiazole rings is 1. The van der Waals surface area contributed by atoms with Gasteiger partial charge in [0.25, 0.3) is 0 Å². The summed E-state index contributed by atoms with van der Waals surface area (Å²) in [5.41, 5.74) is 2.99. The molecular weight excluding hydrogens is 350 g/mol. The van der Waals surface area contributed by atoms with E-state index in [9.17, 15) is 9.90 Å². The highest BCUT2D eigenvalue weighted by Crippen LogP contribution is 2.32. The lowest BCUT2D eigenvalue weighted by Crippen LogP contribution is -2.05. The van der Waals surface area contributed by atoms with E-state index in [-0.39, 0.29) is 11.7 Å². The Labute approximate surface area is 155 Å².